The van der Waals surface area contributed by atoms with Gasteiger partial charge in [0.1, 0.15) is 11.3 Å². The average Bonchev–Trinajstić information content (AvgIpc) is 2.37. The van der Waals surface area contributed by atoms with Crippen LogP contribution in [0.3, 0.4) is 0 Å². The van der Waals surface area contributed by atoms with Crippen LogP contribution in [0.1, 0.15) is 17.3 Å². The Balaban J connectivity index is 2.48. The molecule has 108 valence electrons. The van der Waals surface area contributed by atoms with Crippen molar-refractivity contribution in [2.75, 3.05) is 31.6 Å². The molecule has 0 amide bonds. The van der Waals surface area contributed by atoms with Crippen molar-refractivity contribution in [1.29, 1.82) is 0 Å². The Bertz CT molecular complexity index is 546. The maximum atomic E-state index is 11.3. The number of anilines is 1. The monoisotopic (exact) mass is 279 g/mol. The maximum absolute atomic E-state index is 11.3. The average molecular weight is 279 g/mol. The van der Waals surface area contributed by atoms with Gasteiger partial charge in [0.15, 0.2) is 0 Å². The number of hydrogen-bond acceptors (Lipinski definition) is 5. The first kappa shape index (κ1) is 14.3. The molecule has 1 aliphatic rings. The second-order valence-corrected chi connectivity index (χ2v) is 5.04. The van der Waals surface area contributed by atoms with Gasteiger partial charge in [0.25, 0.3) is 0 Å². The number of likely N-dealkylation sites (N-methyl/N-ethyl adjacent to an activating group) is 1. The van der Waals surface area contributed by atoms with E-state index in [-0.39, 0.29) is 17.3 Å². The van der Waals surface area contributed by atoms with Crippen molar-refractivity contribution in [1.82, 2.24) is 4.90 Å². The summed E-state index contributed by atoms with van der Waals surface area (Å²) in [6.07, 6.45) is 0. The van der Waals surface area contributed by atoms with Gasteiger partial charge in [-0.15, -0.1) is 0 Å². The van der Waals surface area contributed by atoms with Crippen molar-refractivity contribution >= 4 is 17.3 Å². The lowest BCUT2D eigenvalue weighted by Gasteiger charge is -2.39. The predicted octanol–water partition coefficient (Wildman–Crippen LogP) is 1.43. The van der Waals surface area contributed by atoms with Gasteiger partial charge < -0.3 is 14.9 Å². The number of hydrogen-bond donors (Lipinski definition) is 1. The van der Waals surface area contributed by atoms with E-state index in [9.17, 15) is 14.9 Å². The first-order valence-electron chi connectivity index (χ1n) is 6.37. The van der Waals surface area contributed by atoms with Crippen LogP contribution in [0.15, 0.2) is 18.2 Å². The van der Waals surface area contributed by atoms with Crippen LogP contribution in [-0.4, -0.2) is 53.6 Å². The van der Waals surface area contributed by atoms with E-state index in [4.69, 9.17) is 5.11 Å². The number of carboxylic acids is 1. The fourth-order valence-corrected chi connectivity index (χ4v) is 2.63. The van der Waals surface area contributed by atoms with Gasteiger partial charge in [0, 0.05) is 25.7 Å². The first-order chi connectivity index (χ1) is 9.41. The Hall–Kier alpha value is -2.15. The zero-order chi connectivity index (χ0) is 14.9. The molecule has 1 saturated heterocycles. The normalized spacial score (nSPS) is 19.9. The highest BCUT2D eigenvalue weighted by atomic mass is 16.6. The molecule has 1 aromatic carbocycles. The molecule has 2 rings (SSSR count). The third-order valence-electron chi connectivity index (χ3n) is 3.57. The molecule has 7 heteroatoms. The molecule has 0 aliphatic carbocycles. The predicted molar refractivity (Wildman–Crippen MR) is 74.4 cm³/mol. The summed E-state index contributed by atoms with van der Waals surface area (Å²) >= 11 is 0. The van der Waals surface area contributed by atoms with Gasteiger partial charge in [0.05, 0.1) is 4.92 Å². The summed E-state index contributed by atoms with van der Waals surface area (Å²) in [7, 11) is 2.00. The Labute approximate surface area is 116 Å². The smallest absolute Gasteiger partial charge is 0.342 e. The van der Waals surface area contributed by atoms with Crippen LogP contribution in [0.2, 0.25) is 0 Å². The first-order valence-corrected chi connectivity index (χ1v) is 6.37. The van der Waals surface area contributed by atoms with Gasteiger partial charge in [0.2, 0.25) is 0 Å². The highest BCUT2D eigenvalue weighted by Crippen LogP contribution is 2.33. The second kappa shape index (κ2) is 5.46. The molecule has 7 nitrogen and oxygen atoms in total. The van der Waals surface area contributed by atoms with Crippen LogP contribution in [-0.2, 0) is 0 Å². The Morgan fingerprint density at radius 3 is 2.70 bits per heavy atom. The maximum Gasteiger partial charge on any atom is 0.342 e. The van der Waals surface area contributed by atoms with Crippen molar-refractivity contribution in [2.24, 2.45) is 0 Å². The number of benzene rings is 1. The van der Waals surface area contributed by atoms with Crippen LogP contribution < -0.4 is 4.90 Å². The third kappa shape index (κ3) is 2.57. The number of para-hydroxylation sites is 1. The molecule has 1 atom stereocenters. The molecule has 0 bridgehead atoms. The van der Waals surface area contributed by atoms with Gasteiger partial charge >= 0.3 is 11.7 Å². The third-order valence-corrected chi connectivity index (χ3v) is 3.57. The molecule has 0 aromatic heterocycles. The summed E-state index contributed by atoms with van der Waals surface area (Å²) in [5.74, 6) is -1.28. The van der Waals surface area contributed by atoms with E-state index in [2.05, 4.69) is 4.90 Å². The fourth-order valence-electron chi connectivity index (χ4n) is 2.63. The van der Waals surface area contributed by atoms with E-state index in [0.29, 0.717) is 12.2 Å². The fraction of sp³-hybridized carbons (Fsp3) is 0.462. The number of rotatable bonds is 3. The molecule has 1 N–H and O–H groups in total. The summed E-state index contributed by atoms with van der Waals surface area (Å²) in [6, 6.07) is 4.53. The number of carboxylic acid groups (broad SMARTS) is 1. The minimum Gasteiger partial charge on any atom is -0.477 e. The molecule has 0 radical (unpaired) electrons. The van der Waals surface area contributed by atoms with Crippen molar-refractivity contribution in [2.45, 2.75) is 13.0 Å². The van der Waals surface area contributed by atoms with Gasteiger partial charge in [-0.2, -0.15) is 0 Å². The van der Waals surface area contributed by atoms with Gasteiger partial charge in [-0.3, -0.25) is 10.1 Å². The van der Waals surface area contributed by atoms with Gasteiger partial charge in [-0.1, -0.05) is 6.07 Å². The molecule has 0 spiro atoms. The number of nitro benzene ring substituents is 1. The van der Waals surface area contributed by atoms with Crippen molar-refractivity contribution in [3.05, 3.63) is 33.9 Å². The summed E-state index contributed by atoms with van der Waals surface area (Å²) in [5.41, 5.74) is -0.203. The molecule has 1 fully saturated rings. The number of piperazine rings is 1. The number of nitrogens with zero attached hydrogens (tertiary/aromatic N) is 3. The zero-order valence-electron chi connectivity index (χ0n) is 11.4. The van der Waals surface area contributed by atoms with E-state index in [1.165, 1.54) is 6.07 Å². The van der Waals surface area contributed by atoms with E-state index >= 15 is 0 Å². The quantitative estimate of drug-likeness (QED) is 0.665. The van der Waals surface area contributed by atoms with Crippen LogP contribution in [0.4, 0.5) is 11.4 Å². The van der Waals surface area contributed by atoms with E-state index in [0.717, 1.165) is 13.1 Å². The minimum absolute atomic E-state index is 0.0940. The molecule has 1 unspecified atom stereocenters. The second-order valence-electron chi connectivity index (χ2n) is 5.04. The Kier molecular flexibility index (Phi) is 3.89. The van der Waals surface area contributed by atoms with Crippen LogP contribution in [0, 0.1) is 10.1 Å². The van der Waals surface area contributed by atoms with E-state index in [1.807, 2.05) is 18.9 Å². The summed E-state index contributed by atoms with van der Waals surface area (Å²) in [5, 5.41) is 20.4. The molecule has 1 heterocycles. The van der Waals surface area contributed by atoms with E-state index < -0.39 is 10.9 Å². The number of carbonyl (C=O) groups is 1. The zero-order valence-corrected chi connectivity index (χ0v) is 11.4. The molecule has 1 aliphatic heterocycles. The van der Waals surface area contributed by atoms with Gasteiger partial charge in [-0.05, 0) is 26.1 Å². The van der Waals surface area contributed by atoms with E-state index in [1.54, 1.807) is 12.1 Å². The molecular weight excluding hydrogens is 262 g/mol. The topological polar surface area (TPSA) is 86.9 Å². The lowest BCUT2D eigenvalue weighted by molar-refractivity contribution is -0.384. The summed E-state index contributed by atoms with van der Waals surface area (Å²) in [6.45, 7) is 4.20. The lowest BCUT2D eigenvalue weighted by atomic mass is 10.1. The van der Waals surface area contributed by atoms with Crippen LogP contribution in [0.25, 0.3) is 0 Å². The Morgan fingerprint density at radius 1 is 1.45 bits per heavy atom. The minimum atomic E-state index is -1.28. The molecular formula is C13H17N3O4. The van der Waals surface area contributed by atoms with Crippen LogP contribution in [0.5, 0.6) is 0 Å². The Morgan fingerprint density at radius 2 is 2.15 bits per heavy atom. The summed E-state index contributed by atoms with van der Waals surface area (Å²) in [4.78, 5) is 25.9. The molecule has 0 saturated carbocycles. The molecule has 1 aromatic rings. The SMILES string of the molecule is CC1CN(C)CCN1c1cccc(C(=O)O)c1[N+](=O)[O-]. The largest absolute Gasteiger partial charge is 0.477 e. The summed E-state index contributed by atoms with van der Waals surface area (Å²) < 4.78 is 0. The number of nitro groups is 1. The standard InChI is InChI=1S/C13H17N3O4/c1-9-8-14(2)6-7-15(9)11-5-3-4-10(13(17)18)12(11)16(19)20/h3-5,9H,6-8H2,1-2H3,(H,17,18). The van der Waals surface area contributed by atoms with Crippen LogP contribution >= 0.6 is 0 Å². The number of aromatic carboxylic acids is 1. The highest BCUT2D eigenvalue weighted by Gasteiger charge is 2.31. The lowest BCUT2D eigenvalue weighted by Crippen LogP contribution is -2.50. The van der Waals surface area contributed by atoms with Crippen molar-refractivity contribution in [3.63, 3.8) is 0 Å². The highest BCUT2D eigenvalue weighted by molar-refractivity contribution is 5.95. The van der Waals surface area contributed by atoms with Crippen molar-refractivity contribution in [3.8, 4) is 0 Å². The molecule has 20 heavy (non-hydrogen) atoms. The van der Waals surface area contributed by atoms with Gasteiger partial charge in [-0.25, -0.2) is 4.79 Å². The van der Waals surface area contributed by atoms with Crippen molar-refractivity contribution < 1.29 is 14.8 Å².